The van der Waals surface area contributed by atoms with E-state index >= 15 is 0 Å². The van der Waals surface area contributed by atoms with Crippen LogP contribution in [0.5, 0.6) is 0 Å². The van der Waals surface area contributed by atoms with Gasteiger partial charge in [-0.05, 0) is 60.4 Å². The van der Waals surface area contributed by atoms with Gasteiger partial charge >= 0.3 is 42.8 Å². The van der Waals surface area contributed by atoms with Crippen molar-refractivity contribution < 1.29 is 20.6 Å². The lowest BCUT2D eigenvalue weighted by Crippen LogP contribution is -2.70. The van der Waals surface area contributed by atoms with E-state index in [1.54, 1.807) is 0 Å². The molecule has 540 valence electrons. The Morgan fingerprint density at radius 2 is 0.189 bits per heavy atom. The van der Waals surface area contributed by atoms with Crippen LogP contribution in [0.4, 0.5) is 0 Å². The molecule has 0 N–H and O–H groups in total. The van der Waals surface area contributed by atoms with Gasteiger partial charge in [0.25, 0.3) is 0 Å². The van der Waals surface area contributed by atoms with E-state index in [1.165, 1.54) is 385 Å². The van der Waals surface area contributed by atoms with Gasteiger partial charge in [0.15, 0.2) is 0 Å². The Bertz CT molecular complexity index is 1110. The molecule has 0 bridgehead atoms. The van der Waals surface area contributed by atoms with E-state index in [9.17, 15) is 0 Å². The fourth-order valence-corrected chi connectivity index (χ4v) is 48.8. The summed E-state index contributed by atoms with van der Waals surface area (Å²) >= 11 is 0. The number of hydrogen-bond donors (Lipinski definition) is 0. The zero-order chi connectivity index (χ0) is 65.5. The smallest absolute Gasteiger partial charge is 0.320 e. The highest BCUT2D eigenvalue weighted by Gasteiger charge is 2.61. The standard InChI is InChI=1S/C80H170O5Si5/c1-11-21-31-41-51-61-71-86(72-62-52-42-32-22-12-2)81-87(73-63-53-43-33-23-13-3,74-64-54-44-34-24-14-4)83-89(77-67-57-47-37-27-17-7,78-68-58-48-38-28-18-8)85-90(79-69-59-49-39-29-19-9,80-70-60-50-40-30-20-10)84-88(82-86,75-65-55-45-35-25-15-5)76-66-56-46-36-26-16-6/h11-80H2,1-10H3. The van der Waals surface area contributed by atoms with Crippen LogP contribution in [-0.4, -0.2) is 42.8 Å². The first-order valence-corrected chi connectivity index (χ1v) is 53.8. The van der Waals surface area contributed by atoms with Crippen molar-refractivity contribution in [2.45, 2.75) is 515 Å². The SMILES string of the molecule is CCCCCCCC[Si]1(CCCCCCCC)O[Si](CCCCCCCC)(CCCCCCCC)O[Si](CCCCCCCC)(CCCCCCCC)O[Si](CCCCCCCC)(CCCCCCCC)O[Si](CCCCCCCC)(CCCCCCCC)O1. The van der Waals surface area contributed by atoms with Gasteiger partial charge in [0, 0.05) is 0 Å². The average Bonchev–Trinajstić information content (AvgIpc) is 0.766. The zero-order valence-electron chi connectivity index (χ0n) is 64.0. The highest BCUT2D eigenvalue weighted by molar-refractivity contribution is 6.95. The fourth-order valence-electron chi connectivity index (χ4n) is 15.2. The Kier molecular flexibility index (Phi) is 62.6. The normalized spacial score (nSPS) is 16.3. The van der Waals surface area contributed by atoms with Gasteiger partial charge in [0.2, 0.25) is 0 Å². The molecule has 0 amide bonds. The minimum absolute atomic E-state index is 1.16. The molecule has 1 rings (SSSR count). The highest BCUT2D eigenvalue weighted by atomic mass is 28.5. The molecule has 0 saturated carbocycles. The fraction of sp³-hybridized carbons (Fsp3) is 1.00. The molecular weight excluding hydrogens is 1180 g/mol. The summed E-state index contributed by atoms with van der Waals surface area (Å²) in [5, 5.41) is 0. The molecule has 0 radical (unpaired) electrons. The molecule has 0 aromatic carbocycles. The second-order valence-electron chi connectivity index (χ2n) is 30.2. The Morgan fingerprint density at radius 1 is 0.111 bits per heavy atom. The van der Waals surface area contributed by atoms with E-state index < -0.39 is 42.8 Å². The molecule has 0 aliphatic carbocycles. The summed E-state index contributed by atoms with van der Waals surface area (Å²) in [6.45, 7) is 24.0. The summed E-state index contributed by atoms with van der Waals surface area (Å²) in [7, 11) is -15.1. The van der Waals surface area contributed by atoms with Crippen LogP contribution < -0.4 is 0 Å². The van der Waals surface area contributed by atoms with Crippen molar-refractivity contribution in [3.63, 3.8) is 0 Å². The minimum atomic E-state index is -3.03. The molecule has 1 fully saturated rings. The van der Waals surface area contributed by atoms with E-state index in [1.807, 2.05) is 0 Å². The summed E-state index contributed by atoms with van der Waals surface area (Å²) in [4.78, 5) is 0. The molecule has 1 saturated heterocycles. The second kappa shape index (κ2) is 63.3. The predicted molar refractivity (Wildman–Crippen MR) is 416 cm³/mol. The van der Waals surface area contributed by atoms with Crippen LogP contribution in [0, 0.1) is 0 Å². The highest BCUT2D eigenvalue weighted by Crippen LogP contribution is 2.48. The van der Waals surface area contributed by atoms with Gasteiger partial charge in [0.1, 0.15) is 0 Å². The first-order chi connectivity index (χ1) is 44.1. The predicted octanol–water partition coefficient (Wildman–Crippen LogP) is 30.9. The van der Waals surface area contributed by atoms with Crippen LogP contribution in [0.1, 0.15) is 454 Å². The molecule has 5 nitrogen and oxygen atoms in total. The maximum Gasteiger partial charge on any atom is 0.320 e. The van der Waals surface area contributed by atoms with E-state index in [0.29, 0.717) is 0 Å². The van der Waals surface area contributed by atoms with Gasteiger partial charge in [-0.1, -0.05) is 454 Å². The summed E-state index contributed by atoms with van der Waals surface area (Å²) in [5.74, 6) is 0. The Hall–Kier alpha value is 0.884. The van der Waals surface area contributed by atoms with Crippen molar-refractivity contribution in [1.82, 2.24) is 0 Å². The topological polar surface area (TPSA) is 46.2 Å². The lowest BCUT2D eigenvalue weighted by Gasteiger charge is -2.54. The Balaban J connectivity index is 5.00. The molecular formula is C80H170O5Si5. The zero-order valence-corrected chi connectivity index (χ0v) is 69.0. The quantitative estimate of drug-likeness (QED) is 0.0449. The second-order valence-corrected chi connectivity index (χ2v) is 48.4. The summed E-state index contributed by atoms with van der Waals surface area (Å²) in [6.07, 6.45) is 79.7. The van der Waals surface area contributed by atoms with Crippen molar-refractivity contribution in [3.8, 4) is 0 Å². The van der Waals surface area contributed by atoms with Gasteiger partial charge < -0.3 is 20.6 Å². The van der Waals surface area contributed by atoms with E-state index in [0.717, 1.165) is 60.4 Å². The monoisotopic (exact) mass is 1350 g/mol. The molecule has 0 aromatic rings. The first kappa shape index (κ1) is 88.9. The lowest BCUT2D eigenvalue weighted by molar-refractivity contribution is 0.202. The van der Waals surface area contributed by atoms with Crippen LogP contribution in [0.3, 0.4) is 0 Å². The van der Waals surface area contributed by atoms with Gasteiger partial charge in [-0.2, -0.15) is 0 Å². The number of rotatable bonds is 70. The van der Waals surface area contributed by atoms with E-state index in [-0.39, 0.29) is 0 Å². The van der Waals surface area contributed by atoms with Crippen LogP contribution in [0.25, 0.3) is 0 Å². The molecule has 10 heteroatoms. The third kappa shape index (κ3) is 47.0. The molecule has 0 aromatic heterocycles. The maximum atomic E-state index is 9.16. The van der Waals surface area contributed by atoms with Gasteiger partial charge in [-0.3, -0.25) is 0 Å². The maximum absolute atomic E-state index is 9.16. The number of hydrogen-bond acceptors (Lipinski definition) is 5. The Morgan fingerprint density at radius 3 is 0.278 bits per heavy atom. The van der Waals surface area contributed by atoms with Crippen molar-refractivity contribution >= 4 is 42.8 Å². The van der Waals surface area contributed by atoms with E-state index in [2.05, 4.69) is 69.2 Å². The molecule has 0 atom stereocenters. The summed E-state index contributed by atoms with van der Waals surface area (Å²) in [5.41, 5.74) is 0. The van der Waals surface area contributed by atoms with Crippen molar-refractivity contribution in [2.75, 3.05) is 0 Å². The number of unbranched alkanes of at least 4 members (excludes halogenated alkanes) is 50. The molecule has 1 aliphatic heterocycles. The summed E-state index contributed by atoms with van der Waals surface area (Å²) in [6, 6.07) is 11.6. The van der Waals surface area contributed by atoms with Gasteiger partial charge in [-0.25, -0.2) is 0 Å². The van der Waals surface area contributed by atoms with Crippen LogP contribution in [0.15, 0.2) is 0 Å². The first-order valence-electron chi connectivity index (χ1n) is 42.6. The largest absolute Gasteiger partial charge is 0.415 e. The van der Waals surface area contributed by atoms with Crippen LogP contribution in [0.2, 0.25) is 60.4 Å². The molecule has 90 heavy (non-hydrogen) atoms. The van der Waals surface area contributed by atoms with Crippen LogP contribution >= 0.6 is 0 Å². The van der Waals surface area contributed by atoms with Crippen molar-refractivity contribution in [3.05, 3.63) is 0 Å². The van der Waals surface area contributed by atoms with Gasteiger partial charge in [0.05, 0.1) is 0 Å². The summed E-state index contributed by atoms with van der Waals surface area (Å²) < 4.78 is 45.8. The third-order valence-corrected chi connectivity index (χ3v) is 47.0. The third-order valence-electron chi connectivity index (χ3n) is 21.0. The lowest BCUT2D eigenvalue weighted by atomic mass is 10.1. The van der Waals surface area contributed by atoms with Gasteiger partial charge in [-0.15, -0.1) is 0 Å². The average molecular weight is 1350 g/mol. The van der Waals surface area contributed by atoms with E-state index in [4.69, 9.17) is 20.6 Å². The Labute approximate surface area is 574 Å². The molecule has 0 spiro atoms. The minimum Gasteiger partial charge on any atom is -0.415 e. The van der Waals surface area contributed by atoms with Crippen LogP contribution in [-0.2, 0) is 20.6 Å². The van der Waals surface area contributed by atoms with Crippen molar-refractivity contribution in [1.29, 1.82) is 0 Å². The molecule has 1 aliphatic rings. The molecule has 1 heterocycles. The van der Waals surface area contributed by atoms with Crippen molar-refractivity contribution in [2.24, 2.45) is 0 Å². The molecule has 0 unspecified atom stereocenters.